The molecule has 1 aromatic carbocycles. The first kappa shape index (κ1) is 15.4. The topological polar surface area (TPSA) is 50.2 Å². The van der Waals surface area contributed by atoms with Crippen LogP contribution in [0.5, 0.6) is 0 Å². The van der Waals surface area contributed by atoms with Gasteiger partial charge in [0, 0.05) is 44.5 Å². The van der Waals surface area contributed by atoms with Gasteiger partial charge in [0.15, 0.2) is 0 Å². The van der Waals surface area contributed by atoms with Gasteiger partial charge in [-0.1, -0.05) is 18.2 Å². The van der Waals surface area contributed by atoms with Gasteiger partial charge in [0.05, 0.1) is 12.1 Å². The Bertz CT molecular complexity index is 707. The van der Waals surface area contributed by atoms with Gasteiger partial charge in [-0.3, -0.25) is 9.48 Å². The molecule has 0 spiro atoms. The van der Waals surface area contributed by atoms with Crippen molar-refractivity contribution in [2.45, 2.75) is 18.8 Å². The molecule has 4 rings (SSSR count). The van der Waals surface area contributed by atoms with Crippen molar-refractivity contribution in [3.8, 4) is 0 Å². The van der Waals surface area contributed by atoms with Crippen LogP contribution in [-0.4, -0.2) is 35.3 Å². The molecule has 2 heterocycles. The summed E-state index contributed by atoms with van der Waals surface area (Å²) in [6.45, 7) is 2.43. The van der Waals surface area contributed by atoms with Crippen LogP contribution < -0.4 is 10.2 Å². The van der Waals surface area contributed by atoms with E-state index in [-0.39, 0.29) is 17.7 Å². The third-order valence-electron chi connectivity index (χ3n) is 5.16. The van der Waals surface area contributed by atoms with Crippen molar-refractivity contribution < 1.29 is 4.79 Å². The summed E-state index contributed by atoms with van der Waals surface area (Å²) >= 11 is 0. The zero-order chi connectivity index (χ0) is 16.5. The highest BCUT2D eigenvalue weighted by Crippen LogP contribution is 2.35. The molecular weight excluding hydrogens is 300 g/mol. The molecule has 0 bridgehead atoms. The molecule has 5 nitrogen and oxygen atoms in total. The van der Waals surface area contributed by atoms with Crippen LogP contribution in [0.1, 0.15) is 24.3 Å². The van der Waals surface area contributed by atoms with Crippen LogP contribution in [0.25, 0.3) is 0 Å². The van der Waals surface area contributed by atoms with Crippen molar-refractivity contribution in [3.05, 3.63) is 48.3 Å². The summed E-state index contributed by atoms with van der Waals surface area (Å²) in [5, 5.41) is 7.68. The number of anilines is 1. The van der Waals surface area contributed by atoms with E-state index >= 15 is 0 Å². The van der Waals surface area contributed by atoms with Crippen LogP contribution in [0, 0.1) is 11.8 Å². The van der Waals surface area contributed by atoms with Gasteiger partial charge in [-0.2, -0.15) is 5.10 Å². The number of hydrogen-bond donors (Lipinski definition) is 1. The van der Waals surface area contributed by atoms with E-state index in [0.717, 1.165) is 30.9 Å². The van der Waals surface area contributed by atoms with Crippen molar-refractivity contribution in [2.24, 2.45) is 18.9 Å². The van der Waals surface area contributed by atoms with Crippen molar-refractivity contribution in [1.82, 2.24) is 15.1 Å². The lowest BCUT2D eigenvalue weighted by Crippen LogP contribution is -2.40. The molecule has 1 saturated carbocycles. The van der Waals surface area contributed by atoms with Gasteiger partial charge in [-0.05, 0) is 36.5 Å². The Morgan fingerprint density at radius 3 is 2.75 bits per heavy atom. The molecule has 2 fully saturated rings. The number of para-hydroxylation sites is 1. The van der Waals surface area contributed by atoms with Crippen LogP contribution >= 0.6 is 0 Å². The molecule has 2 atom stereocenters. The van der Waals surface area contributed by atoms with Crippen LogP contribution in [0.2, 0.25) is 0 Å². The lowest BCUT2D eigenvalue weighted by molar-refractivity contribution is -0.122. The number of benzene rings is 1. The number of aryl methyl sites for hydroxylation is 1. The second kappa shape index (κ2) is 6.40. The second-order valence-corrected chi connectivity index (χ2v) is 7.05. The van der Waals surface area contributed by atoms with E-state index in [1.807, 2.05) is 59.4 Å². The first-order valence-corrected chi connectivity index (χ1v) is 8.78. The van der Waals surface area contributed by atoms with E-state index in [9.17, 15) is 4.79 Å². The Kier molecular flexibility index (Phi) is 4.10. The maximum absolute atomic E-state index is 13.4. The van der Waals surface area contributed by atoms with Gasteiger partial charge in [0.25, 0.3) is 0 Å². The number of hydrogen-bond acceptors (Lipinski definition) is 3. The van der Waals surface area contributed by atoms with Gasteiger partial charge in [0.1, 0.15) is 0 Å². The molecule has 2 aliphatic rings. The zero-order valence-electron chi connectivity index (χ0n) is 14.1. The van der Waals surface area contributed by atoms with E-state index in [0.29, 0.717) is 5.92 Å². The van der Waals surface area contributed by atoms with Gasteiger partial charge in [-0.25, -0.2) is 0 Å². The number of nitrogens with one attached hydrogen (secondary N) is 1. The molecule has 24 heavy (non-hydrogen) atoms. The minimum atomic E-state index is -0.0202. The number of carbonyl (C=O) groups excluding carboxylic acids is 1. The van der Waals surface area contributed by atoms with E-state index in [2.05, 4.69) is 10.4 Å². The number of carbonyl (C=O) groups is 1. The Labute approximate surface area is 142 Å². The van der Waals surface area contributed by atoms with E-state index in [1.165, 1.54) is 12.8 Å². The largest absolute Gasteiger partial charge is 0.315 e. The first-order valence-electron chi connectivity index (χ1n) is 8.78. The Morgan fingerprint density at radius 1 is 1.29 bits per heavy atom. The van der Waals surface area contributed by atoms with Crippen LogP contribution in [0.15, 0.2) is 42.7 Å². The molecule has 0 radical (unpaired) electrons. The SMILES string of the molecule is Cn1cc([C@H]2CNC[C@@H]2C(=O)N(CC2CC2)c2ccccc2)cn1. The molecule has 1 saturated heterocycles. The fourth-order valence-electron chi connectivity index (χ4n) is 3.61. The number of amides is 1. The Balaban J connectivity index is 1.59. The van der Waals surface area contributed by atoms with Gasteiger partial charge >= 0.3 is 0 Å². The van der Waals surface area contributed by atoms with Gasteiger partial charge in [-0.15, -0.1) is 0 Å². The molecule has 2 aromatic rings. The minimum Gasteiger partial charge on any atom is -0.315 e. The first-order chi connectivity index (χ1) is 11.7. The predicted octanol–water partition coefficient (Wildman–Crippen LogP) is 2.17. The quantitative estimate of drug-likeness (QED) is 0.917. The fourth-order valence-corrected chi connectivity index (χ4v) is 3.61. The maximum atomic E-state index is 13.4. The summed E-state index contributed by atoms with van der Waals surface area (Å²) < 4.78 is 1.81. The smallest absolute Gasteiger partial charge is 0.232 e. The van der Waals surface area contributed by atoms with Crippen molar-refractivity contribution in [3.63, 3.8) is 0 Å². The van der Waals surface area contributed by atoms with Crippen molar-refractivity contribution >= 4 is 11.6 Å². The van der Waals surface area contributed by atoms with E-state index < -0.39 is 0 Å². The minimum absolute atomic E-state index is 0.0202. The molecular formula is C19H24N4O. The normalized spacial score (nSPS) is 23.4. The highest BCUT2D eigenvalue weighted by molar-refractivity contribution is 5.96. The lowest BCUT2D eigenvalue weighted by Gasteiger charge is -2.28. The average Bonchev–Trinajstić information content (AvgIpc) is 3.11. The number of rotatable bonds is 5. The van der Waals surface area contributed by atoms with E-state index in [1.54, 1.807) is 0 Å². The highest BCUT2D eigenvalue weighted by Gasteiger charge is 2.39. The molecule has 5 heteroatoms. The summed E-state index contributed by atoms with van der Waals surface area (Å²) in [6.07, 6.45) is 6.41. The van der Waals surface area contributed by atoms with Gasteiger partial charge in [0.2, 0.25) is 5.91 Å². The number of aromatic nitrogens is 2. The summed E-state index contributed by atoms with van der Waals surface area (Å²) in [5.41, 5.74) is 2.17. The summed E-state index contributed by atoms with van der Waals surface area (Å²) in [7, 11) is 1.92. The van der Waals surface area contributed by atoms with Crippen LogP contribution in [0.4, 0.5) is 5.69 Å². The molecule has 1 aliphatic carbocycles. The summed E-state index contributed by atoms with van der Waals surface area (Å²) in [4.78, 5) is 15.4. The molecule has 1 amide bonds. The maximum Gasteiger partial charge on any atom is 0.232 e. The molecule has 1 aromatic heterocycles. The highest BCUT2D eigenvalue weighted by atomic mass is 16.2. The zero-order valence-corrected chi connectivity index (χ0v) is 14.1. The molecule has 126 valence electrons. The predicted molar refractivity (Wildman–Crippen MR) is 93.8 cm³/mol. The van der Waals surface area contributed by atoms with Crippen LogP contribution in [0.3, 0.4) is 0 Å². The molecule has 0 unspecified atom stereocenters. The Hall–Kier alpha value is -2.14. The monoisotopic (exact) mass is 324 g/mol. The summed E-state index contributed by atoms with van der Waals surface area (Å²) in [5.74, 6) is 1.09. The molecule has 1 N–H and O–H groups in total. The van der Waals surface area contributed by atoms with E-state index in [4.69, 9.17) is 0 Å². The third kappa shape index (κ3) is 3.08. The summed E-state index contributed by atoms with van der Waals surface area (Å²) in [6, 6.07) is 10.1. The Morgan fingerprint density at radius 2 is 2.08 bits per heavy atom. The average molecular weight is 324 g/mol. The standard InChI is InChI=1S/C19H24N4O/c1-22-13-15(9-21-22)17-10-20-11-18(17)19(24)23(12-14-7-8-14)16-5-3-2-4-6-16/h2-6,9,13-14,17-18,20H,7-8,10-12H2,1H3/t17-,18+/m1/s1. The van der Waals surface area contributed by atoms with Gasteiger partial charge < -0.3 is 10.2 Å². The second-order valence-electron chi connectivity index (χ2n) is 7.05. The molecule has 1 aliphatic heterocycles. The third-order valence-corrected chi connectivity index (χ3v) is 5.16. The van der Waals surface area contributed by atoms with Crippen LogP contribution in [-0.2, 0) is 11.8 Å². The van der Waals surface area contributed by atoms with Crippen molar-refractivity contribution in [2.75, 3.05) is 24.5 Å². The lowest BCUT2D eigenvalue weighted by atomic mass is 9.89. The van der Waals surface area contributed by atoms with Crippen molar-refractivity contribution in [1.29, 1.82) is 0 Å². The number of nitrogens with zero attached hydrogens (tertiary/aromatic N) is 3. The fraction of sp³-hybridized carbons (Fsp3) is 0.474.